The molecule has 0 bridgehead atoms. The lowest BCUT2D eigenvalue weighted by Crippen LogP contribution is -2.03. The second-order valence-corrected chi connectivity index (χ2v) is 7.74. The molecule has 0 radical (unpaired) electrons. The SMILES string of the molecule is CCCCCCCCCCCCCc1n[nH]c(=S)n1-c1ccccc1C. The summed E-state index contributed by atoms with van der Waals surface area (Å²) in [5, 5.41) is 7.43. The summed E-state index contributed by atoms with van der Waals surface area (Å²) >= 11 is 5.45. The minimum absolute atomic E-state index is 0.692. The lowest BCUT2D eigenvalue weighted by molar-refractivity contribution is 0.547. The third-order valence-electron chi connectivity index (χ3n) is 5.10. The lowest BCUT2D eigenvalue weighted by Gasteiger charge is -2.09. The van der Waals surface area contributed by atoms with Crippen molar-refractivity contribution in [2.75, 3.05) is 0 Å². The first-order valence-electron chi connectivity index (χ1n) is 10.5. The summed E-state index contributed by atoms with van der Waals surface area (Å²) in [6.45, 7) is 4.40. The average molecular weight is 374 g/mol. The van der Waals surface area contributed by atoms with E-state index in [0.717, 1.165) is 17.9 Å². The Kier molecular flexibility index (Phi) is 9.68. The predicted octanol–water partition coefficient (Wildman–Crippen LogP) is 7.09. The Morgan fingerprint density at radius 1 is 0.885 bits per heavy atom. The van der Waals surface area contributed by atoms with E-state index in [1.54, 1.807) is 0 Å². The van der Waals surface area contributed by atoms with Crippen LogP contribution in [-0.4, -0.2) is 14.8 Å². The zero-order valence-corrected chi connectivity index (χ0v) is 17.4. The molecule has 4 heteroatoms. The van der Waals surface area contributed by atoms with Gasteiger partial charge in [-0.15, -0.1) is 0 Å². The first-order chi connectivity index (χ1) is 12.7. The first kappa shape index (κ1) is 20.9. The zero-order chi connectivity index (χ0) is 18.6. The van der Waals surface area contributed by atoms with Crippen LogP contribution in [0, 0.1) is 11.7 Å². The van der Waals surface area contributed by atoms with Crippen molar-refractivity contribution in [3.63, 3.8) is 0 Å². The number of para-hydroxylation sites is 1. The van der Waals surface area contributed by atoms with Crippen LogP contribution in [0.1, 0.15) is 88.9 Å². The molecule has 1 aromatic carbocycles. The Morgan fingerprint density at radius 2 is 1.46 bits per heavy atom. The smallest absolute Gasteiger partial charge is 0.199 e. The quantitative estimate of drug-likeness (QED) is 0.300. The molecule has 1 aromatic heterocycles. The number of aryl methyl sites for hydroxylation is 2. The fourth-order valence-corrected chi connectivity index (χ4v) is 3.76. The van der Waals surface area contributed by atoms with Gasteiger partial charge in [0.2, 0.25) is 0 Å². The highest BCUT2D eigenvalue weighted by Gasteiger charge is 2.09. The molecule has 2 rings (SSSR count). The van der Waals surface area contributed by atoms with Crippen molar-refractivity contribution in [3.05, 3.63) is 40.4 Å². The summed E-state index contributed by atoms with van der Waals surface area (Å²) in [4.78, 5) is 0. The van der Waals surface area contributed by atoms with Crippen LogP contribution in [-0.2, 0) is 6.42 Å². The Morgan fingerprint density at radius 3 is 2.08 bits per heavy atom. The monoisotopic (exact) mass is 373 g/mol. The van der Waals surface area contributed by atoms with Gasteiger partial charge < -0.3 is 0 Å². The van der Waals surface area contributed by atoms with Crippen LogP contribution in [0.25, 0.3) is 5.69 Å². The molecule has 0 amide bonds. The van der Waals surface area contributed by atoms with Crippen LogP contribution in [0.2, 0.25) is 0 Å². The molecule has 144 valence electrons. The number of nitrogens with one attached hydrogen (secondary N) is 1. The Labute approximate surface area is 164 Å². The first-order valence-corrected chi connectivity index (χ1v) is 10.9. The van der Waals surface area contributed by atoms with Gasteiger partial charge in [-0.2, -0.15) is 5.10 Å². The van der Waals surface area contributed by atoms with Gasteiger partial charge in [-0.25, -0.2) is 0 Å². The van der Waals surface area contributed by atoms with E-state index in [0.29, 0.717) is 4.77 Å². The van der Waals surface area contributed by atoms with Crippen molar-refractivity contribution >= 4 is 12.2 Å². The molecule has 0 saturated carbocycles. The summed E-state index contributed by atoms with van der Waals surface area (Å²) in [6, 6.07) is 8.36. The Balaban J connectivity index is 1.67. The molecule has 0 saturated heterocycles. The maximum absolute atomic E-state index is 5.45. The molecule has 3 nitrogen and oxygen atoms in total. The number of unbranched alkanes of at least 4 members (excludes halogenated alkanes) is 10. The average Bonchev–Trinajstić information content (AvgIpc) is 3.00. The highest BCUT2D eigenvalue weighted by molar-refractivity contribution is 7.71. The number of nitrogens with zero attached hydrogens (tertiary/aromatic N) is 2. The van der Waals surface area contributed by atoms with Gasteiger partial charge in [0.05, 0.1) is 5.69 Å². The maximum atomic E-state index is 5.45. The van der Waals surface area contributed by atoms with Crippen LogP contribution in [0.4, 0.5) is 0 Å². The summed E-state index contributed by atoms with van der Waals surface area (Å²) < 4.78 is 2.79. The van der Waals surface area contributed by atoms with E-state index in [1.165, 1.54) is 76.2 Å². The van der Waals surface area contributed by atoms with Crippen LogP contribution in [0.5, 0.6) is 0 Å². The van der Waals surface area contributed by atoms with Crippen molar-refractivity contribution in [1.82, 2.24) is 14.8 Å². The van der Waals surface area contributed by atoms with Crippen molar-refractivity contribution in [2.24, 2.45) is 0 Å². The second kappa shape index (κ2) is 12.1. The molecule has 0 aliphatic rings. The van der Waals surface area contributed by atoms with Crippen LogP contribution in [0.3, 0.4) is 0 Å². The highest BCUT2D eigenvalue weighted by atomic mass is 32.1. The van der Waals surface area contributed by atoms with Crippen molar-refractivity contribution in [3.8, 4) is 5.69 Å². The molecule has 0 aliphatic carbocycles. The number of rotatable bonds is 13. The molecular formula is C22H35N3S. The number of hydrogen-bond acceptors (Lipinski definition) is 2. The van der Waals surface area contributed by atoms with Crippen LogP contribution in [0.15, 0.2) is 24.3 Å². The van der Waals surface area contributed by atoms with E-state index in [4.69, 9.17) is 12.2 Å². The van der Waals surface area contributed by atoms with Gasteiger partial charge in [0.15, 0.2) is 4.77 Å². The number of aromatic amines is 1. The summed E-state index contributed by atoms with van der Waals surface area (Å²) in [7, 11) is 0. The summed E-state index contributed by atoms with van der Waals surface area (Å²) in [6.07, 6.45) is 16.0. The van der Waals surface area contributed by atoms with Crippen LogP contribution >= 0.6 is 12.2 Å². The normalized spacial score (nSPS) is 11.2. The van der Waals surface area contributed by atoms with Gasteiger partial charge >= 0.3 is 0 Å². The molecule has 0 atom stereocenters. The molecule has 0 aliphatic heterocycles. The minimum atomic E-state index is 0.692. The van der Waals surface area contributed by atoms with Crippen molar-refractivity contribution in [1.29, 1.82) is 0 Å². The number of hydrogen-bond donors (Lipinski definition) is 1. The molecule has 0 unspecified atom stereocenters. The molecule has 26 heavy (non-hydrogen) atoms. The van der Waals surface area contributed by atoms with E-state index in [2.05, 4.69) is 52.9 Å². The second-order valence-electron chi connectivity index (χ2n) is 7.35. The van der Waals surface area contributed by atoms with Gasteiger partial charge in [0, 0.05) is 6.42 Å². The highest BCUT2D eigenvalue weighted by Crippen LogP contribution is 2.18. The fraction of sp³-hybridized carbons (Fsp3) is 0.636. The third-order valence-corrected chi connectivity index (χ3v) is 5.38. The minimum Gasteiger partial charge on any atom is -0.272 e. The molecular weight excluding hydrogens is 338 g/mol. The molecule has 1 heterocycles. The van der Waals surface area contributed by atoms with E-state index in [1.807, 2.05) is 0 Å². The van der Waals surface area contributed by atoms with Gasteiger partial charge in [0.25, 0.3) is 0 Å². The maximum Gasteiger partial charge on any atom is 0.199 e. The van der Waals surface area contributed by atoms with Crippen molar-refractivity contribution < 1.29 is 0 Å². The predicted molar refractivity (Wildman–Crippen MR) is 114 cm³/mol. The molecule has 0 spiro atoms. The van der Waals surface area contributed by atoms with Crippen LogP contribution < -0.4 is 0 Å². The van der Waals surface area contributed by atoms with E-state index >= 15 is 0 Å². The molecule has 1 N–H and O–H groups in total. The summed E-state index contributed by atoms with van der Waals surface area (Å²) in [5.41, 5.74) is 2.37. The topological polar surface area (TPSA) is 33.6 Å². The Hall–Kier alpha value is -1.42. The van der Waals surface area contributed by atoms with Gasteiger partial charge in [-0.3, -0.25) is 9.67 Å². The largest absolute Gasteiger partial charge is 0.272 e. The fourth-order valence-electron chi connectivity index (χ4n) is 3.51. The number of H-pyrrole nitrogens is 1. The van der Waals surface area contributed by atoms with Gasteiger partial charge in [0.1, 0.15) is 5.82 Å². The van der Waals surface area contributed by atoms with Gasteiger partial charge in [-0.1, -0.05) is 89.3 Å². The standard InChI is InChI=1S/C22H35N3S/c1-3-4-5-6-7-8-9-10-11-12-13-18-21-23-24-22(26)25(21)20-17-15-14-16-19(20)2/h14-17H,3-13,18H2,1-2H3,(H,24,26). The van der Waals surface area contributed by atoms with Crippen molar-refractivity contribution in [2.45, 2.75) is 90.9 Å². The van der Waals surface area contributed by atoms with E-state index in [-0.39, 0.29) is 0 Å². The molecule has 0 fully saturated rings. The summed E-state index contributed by atoms with van der Waals surface area (Å²) in [5.74, 6) is 1.06. The zero-order valence-electron chi connectivity index (χ0n) is 16.6. The number of aromatic nitrogens is 3. The number of benzene rings is 1. The van der Waals surface area contributed by atoms with E-state index in [9.17, 15) is 0 Å². The Bertz CT molecular complexity index is 687. The molecule has 2 aromatic rings. The van der Waals surface area contributed by atoms with E-state index < -0.39 is 0 Å². The third kappa shape index (κ3) is 6.71. The lowest BCUT2D eigenvalue weighted by atomic mass is 10.1. The van der Waals surface area contributed by atoms with Gasteiger partial charge in [-0.05, 0) is 37.2 Å².